The average Bonchev–Trinajstić information content (AvgIpc) is 2.80. The van der Waals surface area contributed by atoms with Crippen LogP contribution in [0, 0.1) is 6.92 Å². The molecule has 0 spiro atoms. The van der Waals surface area contributed by atoms with Gasteiger partial charge in [0.1, 0.15) is 5.69 Å². The van der Waals surface area contributed by atoms with E-state index in [1.165, 1.54) is 17.3 Å². The number of aryl methyl sites for hydroxylation is 2. The molecule has 1 heterocycles. The highest BCUT2D eigenvalue weighted by molar-refractivity contribution is 5.97. The molecule has 0 unspecified atom stereocenters. The maximum atomic E-state index is 12.1. The number of nitrogens with one attached hydrogen (secondary N) is 1. The molecule has 1 amide bonds. The number of hydrogen-bond donors (Lipinski definition) is 2. The number of carbonyl (C=O) groups is 1. The molecule has 1 aromatic carbocycles. The number of nitrogen functional groups attached to an aromatic ring is 1. The third kappa shape index (κ3) is 3.17. The molecule has 2 rings (SSSR count). The first-order chi connectivity index (χ1) is 9.61. The number of aromatic nitrogens is 2. The second-order valence-corrected chi connectivity index (χ2v) is 4.76. The average molecular weight is 272 g/mol. The summed E-state index contributed by atoms with van der Waals surface area (Å²) in [6.07, 6.45) is 2.31. The highest BCUT2D eigenvalue weighted by Crippen LogP contribution is 2.10. The van der Waals surface area contributed by atoms with Crippen molar-refractivity contribution in [2.24, 2.45) is 0 Å². The van der Waals surface area contributed by atoms with Crippen LogP contribution >= 0.6 is 0 Å². The van der Waals surface area contributed by atoms with Crippen molar-refractivity contribution in [2.75, 3.05) is 12.3 Å². The zero-order valence-electron chi connectivity index (χ0n) is 11.9. The molecule has 0 saturated carbocycles. The van der Waals surface area contributed by atoms with Gasteiger partial charge in [-0.2, -0.15) is 5.10 Å². The fourth-order valence-corrected chi connectivity index (χ4v) is 2.16. The number of benzene rings is 1. The van der Waals surface area contributed by atoms with Gasteiger partial charge in [-0.15, -0.1) is 0 Å². The summed E-state index contributed by atoms with van der Waals surface area (Å²) >= 11 is 0. The Bertz CT molecular complexity index is 604. The minimum absolute atomic E-state index is 0.172. The van der Waals surface area contributed by atoms with E-state index in [-0.39, 0.29) is 5.91 Å². The summed E-state index contributed by atoms with van der Waals surface area (Å²) in [5, 5.41) is 6.95. The van der Waals surface area contributed by atoms with Crippen LogP contribution in [0.15, 0.2) is 30.5 Å². The van der Waals surface area contributed by atoms with Crippen LogP contribution in [0.1, 0.15) is 28.5 Å². The molecule has 0 atom stereocenters. The largest absolute Gasteiger partial charge is 0.396 e. The van der Waals surface area contributed by atoms with Crippen LogP contribution < -0.4 is 11.1 Å². The van der Waals surface area contributed by atoms with Crippen LogP contribution in [0.3, 0.4) is 0 Å². The van der Waals surface area contributed by atoms with E-state index in [2.05, 4.69) is 35.5 Å². The molecule has 3 N–H and O–H groups in total. The minimum atomic E-state index is -0.172. The zero-order chi connectivity index (χ0) is 14.5. The molecule has 1 aromatic heterocycles. The lowest BCUT2D eigenvalue weighted by Gasteiger charge is -2.08. The molecule has 0 aliphatic carbocycles. The molecule has 0 saturated heterocycles. The molecule has 106 valence electrons. The minimum Gasteiger partial charge on any atom is -0.396 e. The van der Waals surface area contributed by atoms with Crippen molar-refractivity contribution in [1.29, 1.82) is 0 Å². The van der Waals surface area contributed by atoms with Crippen LogP contribution in [-0.2, 0) is 13.0 Å². The Balaban J connectivity index is 1.94. The van der Waals surface area contributed by atoms with Gasteiger partial charge in [0.15, 0.2) is 0 Å². The lowest BCUT2D eigenvalue weighted by Crippen LogP contribution is -2.28. The van der Waals surface area contributed by atoms with Gasteiger partial charge in [-0.1, -0.05) is 29.8 Å². The predicted molar refractivity (Wildman–Crippen MR) is 79.5 cm³/mol. The van der Waals surface area contributed by atoms with Crippen molar-refractivity contribution in [2.45, 2.75) is 26.8 Å². The first kappa shape index (κ1) is 14.1. The normalized spacial score (nSPS) is 10.5. The van der Waals surface area contributed by atoms with Crippen molar-refractivity contribution in [3.8, 4) is 0 Å². The summed E-state index contributed by atoms with van der Waals surface area (Å²) in [7, 11) is 0. The van der Waals surface area contributed by atoms with Crippen LogP contribution in [-0.4, -0.2) is 22.2 Å². The van der Waals surface area contributed by atoms with E-state index in [0.717, 1.165) is 6.42 Å². The number of carbonyl (C=O) groups excluding carboxylic acids is 1. The molecule has 0 aliphatic heterocycles. The van der Waals surface area contributed by atoms with E-state index in [4.69, 9.17) is 5.73 Å². The monoisotopic (exact) mass is 272 g/mol. The van der Waals surface area contributed by atoms with Gasteiger partial charge < -0.3 is 11.1 Å². The Morgan fingerprint density at radius 2 is 2.25 bits per heavy atom. The van der Waals surface area contributed by atoms with Crippen molar-refractivity contribution >= 4 is 11.6 Å². The summed E-state index contributed by atoms with van der Waals surface area (Å²) < 4.78 is 1.61. The molecule has 0 radical (unpaired) electrons. The molecule has 0 bridgehead atoms. The molecule has 5 nitrogen and oxygen atoms in total. The van der Waals surface area contributed by atoms with Crippen LogP contribution in [0.2, 0.25) is 0 Å². The maximum Gasteiger partial charge on any atom is 0.271 e. The zero-order valence-corrected chi connectivity index (χ0v) is 11.9. The Morgan fingerprint density at radius 1 is 1.45 bits per heavy atom. The number of anilines is 1. The Labute approximate surface area is 118 Å². The van der Waals surface area contributed by atoms with Gasteiger partial charge in [-0.05, 0) is 25.8 Å². The summed E-state index contributed by atoms with van der Waals surface area (Å²) in [5.41, 5.74) is 9.07. The van der Waals surface area contributed by atoms with E-state index in [1.807, 2.05) is 13.0 Å². The third-order valence-electron chi connectivity index (χ3n) is 3.16. The molecular formula is C15H20N4O. The topological polar surface area (TPSA) is 72.9 Å². The number of amides is 1. The van der Waals surface area contributed by atoms with Crippen molar-refractivity contribution < 1.29 is 4.79 Å². The fraction of sp³-hybridized carbons (Fsp3) is 0.333. The summed E-state index contributed by atoms with van der Waals surface area (Å²) in [6, 6.07) is 8.26. The van der Waals surface area contributed by atoms with Crippen LogP contribution in [0.25, 0.3) is 0 Å². The highest BCUT2D eigenvalue weighted by Gasteiger charge is 2.15. The second kappa shape index (κ2) is 6.23. The number of hydrogen-bond acceptors (Lipinski definition) is 3. The molecule has 20 heavy (non-hydrogen) atoms. The second-order valence-electron chi connectivity index (χ2n) is 4.76. The third-order valence-corrected chi connectivity index (χ3v) is 3.16. The summed E-state index contributed by atoms with van der Waals surface area (Å²) in [5.74, 6) is -0.172. The Kier molecular flexibility index (Phi) is 4.40. The highest BCUT2D eigenvalue weighted by atomic mass is 16.2. The number of nitrogens with two attached hydrogens (primary N) is 1. The van der Waals surface area contributed by atoms with E-state index >= 15 is 0 Å². The van der Waals surface area contributed by atoms with E-state index in [0.29, 0.717) is 24.5 Å². The fourth-order valence-electron chi connectivity index (χ4n) is 2.16. The molecule has 5 heteroatoms. The van der Waals surface area contributed by atoms with Gasteiger partial charge in [-0.25, -0.2) is 0 Å². The molecule has 0 aliphatic rings. The first-order valence-electron chi connectivity index (χ1n) is 6.77. The first-order valence-corrected chi connectivity index (χ1v) is 6.77. The van der Waals surface area contributed by atoms with Crippen LogP contribution in [0.4, 0.5) is 5.69 Å². The summed E-state index contributed by atoms with van der Waals surface area (Å²) in [4.78, 5) is 12.1. The predicted octanol–water partition coefficient (Wildman–Crippen LogP) is 1.77. The van der Waals surface area contributed by atoms with Gasteiger partial charge in [0.2, 0.25) is 0 Å². The number of nitrogens with zero attached hydrogens (tertiary/aromatic N) is 2. The van der Waals surface area contributed by atoms with Crippen molar-refractivity contribution in [1.82, 2.24) is 15.1 Å². The van der Waals surface area contributed by atoms with Gasteiger partial charge in [-0.3, -0.25) is 9.48 Å². The van der Waals surface area contributed by atoms with Crippen molar-refractivity contribution in [3.05, 3.63) is 47.3 Å². The van der Waals surface area contributed by atoms with Gasteiger partial charge in [0.25, 0.3) is 5.91 Å². The van der Waals surface area contributed by atoms with Gasteiger partial charge in [0, 0.05) is 13.1 Å². The van der Waals surface area contributed by atoms with E-state index < -0.39 is 0 Å². The maximum absolute atomic E-state index is 12.1. The van der Waals surface area contributed by atoms with Gasteiger partial charge in [0.05, 0.1) is 11.9 Å². The quantitative estimate of drug-likeness (QED) is 0.871. The van der Waals surface area contributed by atoms with E-state index in [9.17, 15) is 4.79 Å². The van der Waals surface area contributed by atoms with Gasteiger partial charge >= 0.3 is 0 Å². The standard InChI is InChI=1S/C15H20N4O/c1-3-19-14(13(16)10-18-19)15(20)17-8-7-12-6-4-5-11(2)9-12/h4-6,9-10H,3,7-8,16H2,1-2H3,(H,17,20). The van der Waals surface area contributed by atoms with E-state index in [1.54, 1.807) is 4.68 Å². The Morgan fingerprint density at radius 3 is 2.95 bits per heavy atom. The van der Waals surface area contributed by atoms with Crippen LogP contribution in [0.5, 0.6) is 0 Å². The smallest absolute Gasteiger partial charge is 0.271 e. The Hall–Kier alpha value is -2.30. The lowest BCUT2D eigenvalue weighted by atomic mass is 10.1. The molecular weight excluding hydrogens is 252 g/mol. The van der Waals surface area contributed by atoms with Crippen molar-refractivity contribution in [3.63, 3.8) is 0 Å². The SMILES string of the molecule is CCn1ncc(N)c1C(=O)NCCc1cccc(C)c1. The molecule has 0 fully saturated rings. The number of rotatable bonds is 5. The lowest BCUT2D eigenvalue weighted by molar-refractivity contribution is 0.0944. The molecule has 2 aromatic rings. The summed E-state index contributed by atoms with van der Waals surface area (Å²) in [6.45, 7) is 5.19.